The Kier molecular flexibility index (Phi) is 7.27. The molecule has 0 aliphatic rings. The van der Waals surface area contributed by atoms with E-state index in [4.69, 9.17) is 20.5 Å². The van der Waals surface area contributed by atoms with Crippen LogP contribution in [0.3, 0.4) is 0 Å². The number of alkyl halides is 1. The number of hydrogen-bond acceptors (Lipinski definition) is 5. The van der Waals surface area contributed by atoms with Crippen LogP contribution in [0.25, 0.3) is 0 Å². The third-order valence-electron chi connectivity index (χ3n) is 2.45. The SMILES string of the molecule is CC(C)(C)OC(=O)N[C@@H](c1cc(F)cc(Cl)c1)[C@H](I)OS(C)(=O)=O. The Morgan fingerprint density at radius 3 is 2.38 bits per heavy atom. The van der Waals surface area contributed by atoms with E-state index < -0.39 is 37.8 Å². The average Bonchev–Trinajstić information content (AvgIpc) is 2.30. The lowest BCUT2D eigenvalue weighted by Crippen LogP contribution is -2.39. The van der Waals surface area contributed by atoms with Crippen molar-refractivity contribution < 1.29 is 26.5 Å². The van der Waals surface area contributed by atoms with Crippen LogP contribution in [-0.4, -0.2) is 30.5 Å². The van der Waals surface area contributed by atoms with Crippen molar-refractivity contribution in [1.82, 2.24) is 5.32 Å². The zero-order chi connectivity index (χ0) is 18.7. The first-order valence-electron chi connectivity index (χ1n) is 6.75. The van der Waals surface area contributed by atoms with Gasteiger partial charge in [0.2, 0.25) is 0 Å². The molecule has 0 radical (unpaired) electrons. The van der Waals surface area contributed by atoms with Gasteiger partial charge in [-0.25, -0.2) is 9.18 Å². The van der Waals surface area contributed by atoms with Gasteiger partial charge in [-0.1, -0.05) is 11.6 Å². The molecule has 2 atom stereocenters. The van der Waals surface area contributed by atoms with Gasteiger partial charge in [0.25, 0.3) is 10.1 Å². The zero-order valence-corrected chi connectivity index (χ0v) is 17.2. The van der Waals surface area contributed by atoms with Gasteiger partial charge >= 0.3 is 6.09 Å². The second-order valence-corrected chi connectivity index (χ2v) is 9.24. The minimum atomic E-state index is -3.79. The van der Waals surface area contributed by atoms with Crippen LogP contribution < -0.4 is 5.32 Å². The molecule has 1 aromatic rings. The molecule has 0 saturated carbocycles. The number of amides is 1. The highest BCUT2D eigenvalue weighted by atomic mass is 127. The number of ether oxygens (including phenoxy) is 1. The first-order valence-corrected chi connectivity index (χ1v) is 10.2. The van der Waals surface area contributed by atoms with Crippen molar-refractivity contribution in [1.29, 1.82) is 0 Å². The Hall–Kier alpha value is -0.650. The molecule has 0 heterocycles. The van der Waals surface area contributed by atoms with Crippen molar-refractivity contribution >= 4 is 50.4 Å². The van der Waals surface area contributed by atoms with Crippen molar-refractivity contribution in [3.8, 4) is 0 Å². The van der Waals surface area contributed by atoms with E-state index in [-0.39, 0.29) is 10.6 Å². The van der Waals surface area contributed by atoms with Crippen molar-refractivity contribution in [2.75, 3.05) is 6.26 Å². The summed E-state index contributed by atoms with van der Waals surface area (Å²) in [5.74, 6) is -0.628. The number of alkyl carbamates (subject to hydrolysis) is 1. The van der Waals surface area contributed by atoms with Gasteiger partial charge in [-0.05, 0) is 67.1 Å². The Morgan fingerprint density at radius 2 is 1.92 bits per heavy atom. The second kappa shape index (κ2) is 8.15. The highest BCUT2D eigenvalue weighted by Crippen LogP contribution is 2.28. The molecule has 6 nitrogen and oxygen atoms in total. The summed E-state index contributed by atoms with van der Waals surface area (Å²) in [6, 6.07) is 2.63. The number of carbonyl (C=O) groups excluding carboxylic acids is 1. The summed E-state index contributed by atoms with van der Waals surface area (Å²) in [5, 5.41) is 2.58. The number of nitrogens with one attached hydrogen (secondary N) is 1. The summed E-state index contributed by atoms with van der Waals surface area (Å²) >= 11 is 7.52. The van der Waals surface area contributed by atoms with Gasteiger partial charge in [-0.15, -0.1) is 0 Å². The summed E-state index contributed by atoms with van der Waals surface area (Å²) in [6.45, 7) is 5.03. The van der Waals surface area contributed by atoms with Crippen LogP contribution in [0.2, 0.25) is 5.02 Å². The Bertz CT molecular complexity index is 687. The van der Waals surface area contributed by atoms with E-state index in [9.17, 15) is 17.6 Å². The Labute approximate surface area is 159 Å². The number of rotatable bonds is 5. The summed E-state index contributed by atoms with van der Waals surface area (Å²) in [4.78, 5) is 12.0. The molecule has 0 aromatic heterocycles. The molecule has 0 aliphatic heterocycles. The van der Waals surface area contributed by atoms with Gasteiger partial charge in [-0.2, -0.15) is 8.42 Å². The fraction of sp³-hybridized carbons (Fsp3) is 0.500. The average molecular weight is 494 g/mol. The number of carbonyl (C=O) groups is 1. The maximum atomic E-state index is 13.6. The van der Waals surface area contributed by atoms with Gasteiger partial charge in [0, 0.05) is 5.02 Å². The topological polar surface area (TPSA) is 81.7 Å². The molecule has 0 unspecified atom stereocenters. The summed E-state index contributed by atoms with van der Waals surface area (Å²) < 4.78 is 45.3. The molecular formula is C14H18ClFINO5S. The number of hydrogen-bond donors (Lipinski definition) is 1. The molecule has 136 valence electrons. The molecule has 0 aliphatic carbocycles. The third-order valence-corrected chi connectivity index (χ3v) is 4.54. The van der Waals surface area contributed by atoms with Crippen LogP contribution in [0.5, 0.6) is 0 Å². The first kappa shape index (κ1) is 21.4. The van der Waals surface area contributed by atoms with Crippen LogP contribution in [0.1, 0.15) is 32.4 Å². The highest BCUT2D eigenvalue weighted by molar-refractivity contribution is 14.1. The van der Waals surface area contributed by atoms with Crippen LogP contribution in [0.15, 0.2) is 18.2 Å². The van der Waals surface area contributed by atoms with Gasteiger partial charge in [0.05, 0.1) is 12.3 Å². The third kappa shape index (κ3) is 7.95. The molecule has 1 N–H and O–H groups in total. The quantitative estimate of drug-likeness (QED) is 0.384. The standard InChI is InChI=1S/C14H18ClFINO5S/c1-14(2,3)22-13(19)18-11(12(17)23-24(4,20)21)8-5-9(15)7-10(16)6-8/h5-7,11-12H,1-4H3,(H,18,19)/t11-,12+/m0/s1. The smallest absolute Gasteiger partial charge is 0.408 e. The predicted molar refractivity (Wildman–Crippen MR) is 97.3 cm³/mol. The maximum Gasteiger partial charge on any atom is 0.408 e. The second-order valence-electron chi connectivity index (χ2n) is 5.98. The van der Waals surface area contributed by atoms with E-state index in [0.717, 1.165) is 18.4 Å². The van der Waals surface area contributed by atoms with Gasteiger partial charge in [0.1, 0.15) is 11.4 Å². The number of benzene rings is 1. The fourth-order valence-corrected chi connectivity index (χ4v) is 4.11. The number of halogens is 3. The molecule has 0 saturated heterocycles. The molecule has 1 aromatic carbocycles. The van der Waals surface area contributed by atoms with Gasteiger partial charge in [-0.3, -0.25) is 4.18 Å². The molecule has 0 fully saturated rings. The normalized spacial score (nSPS) is 14.8. The van der Waals surface area contributed by atoms with E-state index in [1.807, 2.05) is 0 Å². The van der Waals surface area contributed by atoms with Crippen molar-refractivity contribution in [3.05, 3.63) is 34.6 Å². The monoisotopic (exact) mass is 493 g/mol. The highest BCUT2D eigenvalue weighted by Gasteiger charge is 2.29. The molecule has 24 heavy (non-hydrogen) atoms. The van der Waals surface area contributed by atoms with Crippen LogP contribution in [0, 0.1) is 5.82 Å². The Balaban J connectivity index is 3.13. The summed E-state index contributed by atoms with van der Waals surface area (Å²) in [6.07, 6.45) is 0.0773. The van der Waals surface area contributed by atoms with Gasteiger partial charge < -0.3 is 10.1 Å². The van der Waals surface area contributed by atoms with E-state index in [1.165, 1.54) is 6.07 Å². The maximum absolute atomic E-state index is 13.6. The molecule has 10 heteroatoms. The minimum absolute atomic E-state index is 0.101. The summed E-state index contributed by atoms with van der Waals surface area (Å²) in [7, 11) is -3.79. The zero-order valence-electron chi connectivity index (χ0n) is 13.5. The first-order chi connectivity index (χ1) is 10.8. The van der Waals surface area contributed by atoms with E-state index in [0.29, 0.717) is 0 Å². The van der Waals surface area contributed by atoms with Crippen LogP contribution in [-0.2, 0) is 19.0 Å². The van der Waals surface area contributed by atoms with Crippen molar-refractivity contribution in [2.45, 2.75) is 36.5 Å². The Morgan fingerprint density at radius 1 is 1.33 bits per heavy atom. The largest absolute Gasteiger partial charge is 0.444 e. The molecular weight excluding hydrogens is 476 g/mol. The van der Waals surface area contributed by atoms with Gasteiger partial charge in [0.15, 0.2) is 4.11 Å². The van der Waals surface area contributed by atoms with Crippen molar-refractivity contribution in [2.24, 2.45) is 0 Å². The lowest BCUT2D eigenvalue weighted by atomic mass is 10.1. The van der Waals surface area contributed by atoms with E-state index in [2.05, 4.69) is 5.32 Å². The van der Waals surface area contributed by atoms with Crippen LogP contribution in [0.4, 0.5) is 9.18 Å². The van der Waals surface area contributed by atoms with Crippen LogP contribution >= 0.6 is 34.2 Å². The van der Waals surface area contributed by atoms with E-state index >= 15 is 0 Å². The lowest BCUT2D eigenvalue weighted by Gasteiger charge is -2.26. The summed E-state index contributed by atoms with van der Waals surface area (Å²) in [5.41, 5.74) is -0.513. The minimum Gasteiger partial charge on any atom is -0.444 e. The van der Waals surface area contributed by atoms with E-state index in [1.54, 1.807) is 43.4 Å². The lowest BCUT2D eigenvalue weighted by molar-refractivity contribution is 0.0483. The molecule has 1 rings (SSSR count). The molecule has 0 bridgehead atoms. The molecule has 0 spiro atoms. The fourth-order valence-electron chi connectivity index (χ4n) is 1.71. The molecule has 1 amide bonds. The predicted octanol–water partition coefficient (Wildman–Crippen LogP) is 3.78. The van der Waals surface area contributed by atoms with Crippen molar-refractivity contribution in [3.63, 3.8) is 0 Å².